The van der Waals surface area contributed by atoms with E-state index in [1.165, 1.54) is 16.0 Å². The fourth-order valence-corrected chi connectivity index (χ4v) is 7.95. The minimum atomic E-state index is -0.991. The van der Waals surface area contributed by atoms with E-state index in [1.807, 2.05) is 109 Å². The van der Waals surface area contributed by atoms with E-state index < -0.39 is 24.3 Å². The maximum atomic E-state index is 13.3. The van der Waals surface area contributed by atoms with Crippen molar-refractivity contribution in [3.8, 4) is 11.1 Å². The van der Waals surface area contributed by atoms with Crippen LogP contribution in [0.4, 0.5) is 4.79 Å². The molecule has 10 nitrogen and oxygen atoms in total. The molecule has 2 heterocycles. The Morgan fingerprint density at radius 2 is 1.28 bits per heavy atom. The number of rotatable bonds is 15. The number of ether oxygens (including phenoxy) is 3. The maximum Gasteiger partial charge on any atom is 0.408 e. The number of aliphatic hydroxyl groups is 1. The van der Waals surface area contributed by atoms with Gasteiger partial charge >= 0.3 is 6.09 Å². The molecule has 0 bridgehead atoms. The van der Waals surface area contributed by atoms with Crippen molar-refractivity contribution in [1.82, 2.24) is 15.1 Å². The molecule has 10 heteroatoms. The number of hydrogen-bond acceptors (Lipinski definition) is 8. The highest BCUT2D eigenvalue weighted by Gasteiger charge is 2.40. The SMILES string of the molecule is O=C(NC1CC(=O)N(Cc2cccc(-c3cccc(C4OC(CN(Cc5ccccc5)Cc5ccccc5)CC(c5ccc(CO)cc5)O4)c3)c2)C1=O)OCc1ccccc1. The molecule has 310 valence electrons. The average molecular weight is 816 g/mol. The lowest BCUT2D eigenvalue weighted by molar-refractivity contribution is -0.253. The van der Waals surface area contributed by atoms with Gasteiger partial charge in [0, 0.05) is 31.6 Å². The van der Waals surface area contributed by atoms with E-state index in [1.54, 1.807) is 0 Å². The second-order valence-electron chi connectivity index (χ2n) is 15.6. The van der Waals surface area contributed by atoms with Gasteiger partial charge in [0.2, 0.25) is 5.91 Å². The van der Waals surface area contributed by atoms with E-state index in [0.717, 1.165) is 52.0 Å². The van der Waals surface area contributed by atoms with Crippen LogP contribution in [-0.4, -0.2) is 51.5 Å². The van der Waals surface area contributed by atoms with Crippen LogP contribution in [0.25, 0.3) is 11.1 Å². The third-order valence-corrected chi connectivity index (χ3v) is 11.1. The molecule has 2 aliphatic rings. The summed E-state index contributed by atoms with van der Waals surface area (Å²) >= 11 is 0. The Balaban J connectivity index is 0.981. The standard InChI is InChI=1S/C51H49N3O7/c55-34-38-22-24-41(25-23-38)47-28-45(33-53(30-36-12-4-1-5-13-36)31-37-14-6-2-7-15-37)60-50(61-47)44-21-11-20-43(27-44)42-19-10-18-40(26-42)32-54-48(56)29-46(49(54)57)52-51(58)59-35-39-16-8-3-9-17-39/h1-27,45-47,50,55H,28-35H2,(H,52,58). The summed E-state index contributed by atoms with van der Waals surface area (Å²) in [6, 6.07) is 52.9. The molecule has 2 N–H and O–H groups in total. The Hall–Kier alpha value is -6.43. The molecule has 2 saturated heterocycles. The predicted octanol–water partition coefficient (Wildman–Crippen LogP) is 8.65. The van der Waals surface area contributed by atoms with Gasteiger partial charge in [0.05, 0.1) is 31.8 Å². The van der Waals surface area contributed by atoms with Crippen LogP contribution in [0.1, 0.15) is 64.2 Å². The predicted molar refractivity (Wildman–Crippen MR) is 231 cm³/mol. The van der Waals surface area contributed by atoms with Gasteiger partial charge in [-0.15, -0.1) is 0 Å². The highest BCUT2D eigenvalue weighted by molar-refractivity contribution is 6.06. The fourth-order valence-electron chi connectivity index (χ4n) is 7.95. The largest absolute Gasteiger partial charge is 0.445 e. The Morgan fingerprint density at radius 3 is 1.93 bits per heavy atom. The van der Waals surface area contributed by atoms with Gasteiger partial charge < -0.3 is 24.6 Å². The first-order chi connectivity index (χ1) is 29.9. The van der Waals surface area contributed by atoms with Crippen molar-refractivity contribution >= 4 is 17.9 Å². The molecule has 2 fully saturated rings. The second kappa shape index (κ2) is 19.8. The van der Waals surface area contributed by atoms with Crippen molar-refractivity contribution < 1.29 is 33.7 Å². The molecule has 6 aromatic carbocycles. The summed E-state index contributed by atoms with van der Waals surface area (Å²) in [5, 5.41) is 12.3. The van der Waals surface area contributed by atoms with Crippen LogP contribution in [0, 0.1) is 0 Å². The monoisotopic (exact) mass is 815 g/mol. The van der Waals surface area contributed by atoms with Gasteiger partial charge in [-0.05, 0) is 56.6 Å². The molecule has 4 unspecified atom stereocenters. The van der Waals surface area contributed by atoms with Crippen LogP contribution in [0.3, 0.4) is 0 Å². The van der Waals surface area contributed by atoms with Crippen LogP contribution in [0.15, 0.2) is 164 Å². The summed E-state index contributed by atoms with van der Waals surface area (Å²) in [5.74, 6) is -0.833. The number of amides is 3. The summed E-state index contributed by atoms with van der Waals surface area (Å²) in [6.45, 7) is 2.29. The number of alkyl carbamates (subject to hydrolysis) is 1. The molecule has 2 aliphatic heterocycles. The number of nitrogens with one attached hydrogen (secondary N) is 1. The molecular weight excluding hydrogens is 767 g/mol. The lowest BCUT2D eigenvalue weighted by atomic mass is 9.98. The van der Waals surface area contributed by atoms with Crippen LogP contribution in [0.2, 0.25) is 0 Å². The smallest absolute Gasteiger partial charge is 0.408 e. The molecule has 6 aromatic rings. The maximum absolute atomic E-state index is 13.3. The van der Waals surface area contributed by atoms with Crippen molar-refractivity contribution in [3.63, 3.8) is 0 Å². The van der Waals surface area contributed by atoms with Crippen molar-refractivity contribution in [2.45, 2.75) is 70.2 Å². The average Bonchev–Trinajstić information content (AvgIpc) is 3.56. The zero-order valence-electron chi connectivity index (χ0n) is 33.8. The van der Waals surface area contributed by atoms with Crippen LogP contribution >= 0.6 is 0 Å². The number of carbonyl (C=O) groups is 3. The molecular formula is C51H49N3O7. The fraction of sp³-hybridized carbons (Fsp3) is 0.235. The molecule has 0 saturated carbocycles. The summed E-state index contributed by atoms with van der Waals surface area (Å²) in [5.41, 5.74) is 8.58. The van der Waals surface area contributed by atoms with Gasteiger partial charge in [0.1, 0.15) is 12.6 Å². The number of nitrogens with zero attached hydrogens (tertiary/aromatic N) is 2. The minimum Gasteiger partial charge on any atom is -0.445 e. The van der Waals surface area contributed by atoms with Gasteiger partial charge in [0.25, 0.3) is 5.91 Å². The first kappa shape index (κ1) is 41.3. The number of hydrogen-bond donors (Lipinski definition) is 2. The zero-order chi connectivity index (χ0) is 42.0. The summed E-state index contributed by atoms with van der Waals surface area (Å²) in [7, 11) is 0. The van der Waals surface area contributed by atoms with Crippen molar-refractivity contribution in [1.29, 1.82) is 0 Å². The number of carbonyl (C=O) groups excluding carboxylic acids is 3. The topological polar surface area (TPSA) is 118 Å². The molecule has 0 spiro atoms. The van der Waals surface area contributed by atoms with Crippen molar-refractivity contribution in [3.05, 3.63) is 203 Å². The number of imide groups is 1. The van der Waals surface area contributed by atoms with E-state index in [9.17, 15) is 19.5 Å². The highest BCUT2D eigenvalue weighted by atomic mass is 16.7. The summed E-state index contributed by atoms with van der Waals surface area (Å²) < 4.78 is 18.9. The van der Waals surface area contributed by atoms with Crippen LogP contribution in [0.5, 0.6) is 0 Å². The Labute approximate surface area is 356 Å². The Morgan fingerprint density at radius 1 is 0.672 bits per heavy atom. The first-order valence-corrected chi connectivity index (χ1v) is 20.7. The quantitative estimate of drug-likeness (QED) is 0.0990. The number of aliphatic hydroxyl groups excluding tert-OH is 1. The lowest BCUT2D eigenvalue weighted by Crippen LogP contribution is -2.41. The van der Waals surface area contributed by atoms with Crippen LogP contribution in [-0.2, 0) is 56.6 Å². The van der Waals surface area contributed by atoms with Gasteiger partial charge in [-0.2, -0.15) is 0 Å². The molecule has 8 rings (SSSR count). The zero-order valence-corrected chi connectivity index (χ0v) is 33.8. The molecule has 61 heavy (non-hydrogen) atoms. The van der Waals surface area contributed by atoms with E-state index in [-0.39, 0.29) is 44.3 Å². The summed E-state index contributed by atoms with van der Waals surface area (Å²) in [6.07, 6.45) is -1.32. The Bertz CT molecular complexity index is 2350. The van der Waals surface area contributed by atoms with E-state index >= 15 is 0 Å². The number of likely N-dealkylation sites (tertiary alicyclic amines) is 1. The van der Waals surface area contributed by atoms with Gasteiger partial charge in [-0.1, -0.05) is 152 Å². The van der Waals surface area contributed by atoms with E-state index in [2.05, 4.69) is 64.8 Å². The second-order valence-corrected chi connectivity index (χ2v) is 15.6. The third-order valence-electron chi connectivity index (χ3n) is 11.1. The molecule has 0 aromatic heterocycles. The van der Waals surface area contributed by atoms with Crippen LogP contribution < -0.4 is 5.32 Å². The molecule has 3 amide bonds. The van der Waals surface area contributed by atoms with Gasteiger partial charge in [-0.25, -0.2) is 4.79 Å². The molecule has 0 radical (unpaired) electrons. The first-order valence-electron chi connectivity index (χ1n) is 20.7. The minimum absolute atomic E-state index is 0.0313. The summed E-state index contributed by atoms with van der Waals surface area (Å²) in [4.78, 5) is 42.5. The molecule has 0 aliphatic carbocycles. The van der Waals surface area contributed by atoms with Gasteiger partial charge in [-0.3, -0.25) is 19.4 Å². The normalized spacial score (nSPS) is 19.0. The van der Waals surface area contributed by atoms with Crippen molar-refractivity contribution in [2.24, 2.45) is 0 Å². The van der Waals surface area contributed by atoms with E-state index in [0.29, 0.717) is 13.0 Å². The number of benzene rings is 6. The third kappa shape index (κ3) is 10.9. The lowest BCUT2D eigenvalue weighted by Gasteiger charge is -2.38. The van der Waals surface area contributed by atoms with E-state index in [4.69, 9.17) is 14.2 Å². The van der Waals surface area contributed by atoms with Crippen molar-refractivity contribution in [2.75, 3.05) is 6.54 Å². The highest BCUT2D eigenvalue weighted by Crippen LogP contribution is 2.39. The molecule has 4 atom stereocenters. The van der Waals surface area contributed by atoms with Gasteiger partial charge in [0.15, 0.2) is 6.29 Å². The Kier molecular flexibility index (Phi) is 13.4.